The first kappa shape index (κ1) is 25.7. The van der Waals surface area contributed by atoms with Crippen molar-refractivity contribution in [1.82, 2.24) is 9.80 Å². The first-order chi connectivity index (χ1) is 15.6. The molecule has 0 radical (unpaired) electrons. The smallest absolute Gasteiger partial charge is 0.248 e. The van der Waals surface area contributed by atoms with Crippen molar-refractivity contribution < 1.29 is 18.0 Å². The standard InChI is InChI=1S/C25H39N3O4S/c1-4-18(5-2)16-27(24(29)17-33(3,31)32)11-12-28-22-9-10-23(28)15-21(14-22)19-7-6-8-20(13-19)25(26)30/h6-8,13,18,21-23H,4-5,9-12,14-17H2,1-3H3,(H2,26,30)/t21-,22+,23-. The lowest BCUT2D eigenvalue weighted by atomic mass is 9.84. The molecule has 8 heteroatoms. The molecule has 0 saturated carbocycles. The van der Waals surface area contributed by atoms with Crippen LogP contribution in [0, 0.1) is 5.92 Å². The van der Waals surface area contributed by atoms with Gasteiger partial charge in [0.05, 0.1) is 0 Å². The lowest BCUT2D eigenvalue weighted by Gasteiger charge is -2.40. The molecule has 33 heavy (non-hydrogen) atoms. The van der Waals surface area contributed by atoms with Gasteiger partial charge < -0.3 is 10.6 Å². The molecule has 0 aliphatic carbocycles. The second kappa shape index (κ2) is 11.0. The van der Waals surface area contributed by atoms with Crippen molar-refractivity contribution in [2.75, 3.05) is 31.6 Å². The Labute approximate surface area is 198 Å². The molecule has 2 saturated heterocycles. The molecule has 2 bridgehead atoms. The van der Waals surface area contributed by atoms with E-state index in [2.05, 4.69) is 24.8 Å². The highest BCUT2D eigenvalue weighted by Gasteiger charge is 2.41. The lowest BCUT2D eigenvalue weighted by molar-refractivity contribution is -0.129. The van der Waals surface area contributed by atoms with Crippen LogP contribution in [0.15, 0.2) is 24.3 Å². The molecule has 2 N–H and O–H groups in total. The van der Waals surface area contributed by atoms with Crippen LogP contribution in [-0.4, -0.2) is 73.8 Å². The molecule has 184 valence electrons. The summed E-state index contributed by atoms with van der Waals surface area (Å²) in [5, 5.41) is 0. The summed E-state index contributed by atoms with van der Waals surface area (Å²) in [6.07, 6.45) is 7.41. The van der Waals surface area contributed by atoms with Gasteiger partial charge in [-0.15, -0.1) is 0 Å². The first-order valence-corrected chi connectivity index (χ1v) is 14.3. The minimum Gasteiger partial charge on any atom is -0.366 e. The van der Waals surface area contributed by atoms with E-state index in [0.717, 1.165) is 51.3 Å². The molecule has 3 rings (SSSR count). The third-order valence-corrected chi connectivity index (χ3v) is 8.30. The predicted molar refractivity (Wildman–Crippen MR) is 131 cm³/mol. The lowest BCUT2D eigenvalue weighted by Crippen LogP contribution is -2.48. The molecule has 0 spiro atoms. The van der Waals surface area contributed by atoms with Crippen molar-refractivity contribution in [2.45, 2.75) is 70.4 Å². The Morgan fingerprint density at radius 1 is 1.15 bits per heavy atom. The Kier molecular flexibility index (Phi) is 8.56. The topological polar surface area (TPSA) is 101 Å². The van der Waals surface area contributed by atoms with Gasteiger partial charge in [-0.25, -0.2) is 8.42 Å². The van der Waals surface area contributed by atoms with Crippen LogP contribution in [0.2, 0.25) is 0 Å². The van der Waals surface area contributed by atoms with Gasteiger partial charge in [0.15, 0.2) is 9.84 Å². The number of piperidine rings is 1. The van der Waals surface area contributed by atoms with E-state index < -0.39 is 21.5 Å². The van der Waals surface area contributed by atoms with Crippen molar-refractivity contribution in [3.8, 4) is 0 Å². The van der Waals surface area contributed by atoms with Gasteiger partial charge >= 0.3 is 0 Å². The van der Waals surface area contributed by atoms with E-state index >= 15 is 0 Å². The van der Waals surface area contributed by atoms with Crippen molar-refractivity contribution >= 4 is 21.7 Å². The van der Waals surface area contributed by atoms with E-state index in [1.165, 1.54) is 5.56 Å². The number of carbonyl (C=O) groups excluding carboxylic acids is 2. The number of hydrogen-bond donors (Lipinski definition) is 1. The number of nitrogens with two attached hydrogens (primary N) is 1. The number of fused-ring (bicyclic) bond motifs is 2. The van der Waals surface area contributed by atoms with Crippen LogP contribution in [0.3, 0.4) is 0 Å². The largest absolute Gasteiger partial charge is 0.366 e. The number of sulfone groups is 1. The maximum Gasteiger partial charge on any atom is 0.248 e. The molecule has 2 fully saturated rings. The first-order valence-electron chi connectivity index (χ1n) is 12.2. The van der Waals surface area contributed by atoms with E-state index in [1.54, 1.807) is 11.0 Å². The van der Waals surface area contributed by atoms with Gasteiger partial charge in [-0.2, -0.15) is 0 Å². The molecule has 3 atom stereocenters. The van der Waals surface area contributed by atoms with Gasteiger partial charge in [0.25, 0.3) is 0 Å². The summed E-state index contributed by atoms with van der Waals surface area (Å²) in [7, 11) is -3.36. The summed E-state index contributed by atoms with van der Waals surface area (Å²) < 4.78 is 23.5. The SMILES string of the molecule is CCC(CC)CN(CCN1[C@@H]2CC[C@H]1C[C@@H](c1cccc(C(N)=O)c1)C2)C(=O)CS(C)(=O)=O. The Balaban J connectivity index is 1.66. The molecule has 0 unspecified atom stereocenters. The van der Waals surface area contributed by atoms with Crippen LogP contribution in [0.5, 0.6) is 0 Å². The molecule has 2 aliphatic heterocycles. The Hall–Kier alpha value is -1.93. The highest BCUT2D eigenvalue weighted by atomic mass is 32.2. The molecule has 1 aromatic carbocycles. The van der Waals surface area contributed by atoms with Crippen LogP contribution in [0.25, 0.3) is 0 Å². The van der Waals surface area contributed by atoms with Gasteiger partial charge in [0.1, 0.15) is 5.75 Å². The summed E-state index contributed by atoms with van der Waals surface area (Å²) >= 11 is 0. The van der Waals surface area contributed by atoms with E-state index in [9.17, 15) is 18.0 Å². The third kappa shape index (κ3) is 6.79. The van der Waals surface area contributed by atoms with Gasteiger partial charge in [-0.1, -0.05) is 38.8 Å². The van der Waals surface area contributed by atoms with Crippen molar-refractivity contribution in [1.29, 1.82) is 0 Å². The fourth-order valence-corrected chi connectivity index (χ4v) is 6.22. The summed E-state index contributed by atoms with van der Waals surface area (Å²) in [6.45, 7) is 6.20. The maximum absolute atomic E-state index is 12.8. The molecule has 2 heterocycles. The summed E-state index contributed by atoms with van der Waals surface area (Å²) in [5.41, 5.74) is 7.21. The number of rotatable bonds is 11. The number of carbonyl (C=O) groups is 2. The van der Waals surface area contributed by atoms with Gasteiger partial charge in [-0.3, -0.25) is 14.5 Å². The Bertz CT molecular complexity index is 931. The minimum atomic E-state index is -3.36. The van der Waals surface area contributed by atoms with E-state index in [1.807, 2.05) is 12.1 Å². The zero-order chi connectivity index (χ0) is 24.2. The summed E-state index contributed by atoms with van der Waals surface area (Å²) in [5.74, 6) is -0.305. The molecular weight excluding hydrogens is 438 g/mol. The fraction of sp³-hybridized carbons (Fsp3) is 0.680. The average molecular weight is 478 g/mol. The highest BCUT2D eigenvalue weighted by Crippen LogP contribution is 2.43. The molecule has 2 aliphatic rings. The number of benzene rings is 1. The summed E-state index contributed by atoms with van der Waals surface area (Å²) in [6, 6.07) is 8.60. The second-order valence-corrected chi connectivity index (χ2v) is 12.0. The van der Waals surface area contributed by atoms with Gasteiger partial charge in [-0.05, 0) is 55.2 Å². The Morgan fingerprint density at radius 2 is 1.79 bits per heavy atom. The fourth-order valence-electron chi connectivity index (χ4n) is 5.59. The number of amides is 2. The van der Waals surface area contributed by atoms with Crippen molar-refractivity contribution in [2.24, 2.45) is 11.7 Å². The van der Waals surface area contributed by atoms with Crippen LogP contribution in [-0.2, 0) is 14.6 Å². The van der Waals surface area contributed by atoms with Crippen molar-refractivity contribution in [3.63, 3.8) is 0 Å². The highest BCUT2D eigenvalue weighted by molar-refractivity contribution is 7.91. The monoisotopic (exact) mass is 477 g/mol. The zero-order valence-electron chi connectivity index (χ0n) is 20.2. The van der Waals surface area contributed by atoms with E-state index in [0.29, 0.717) is 42.6 Å². The Morgan fingerprint density at radius 3 is 2.33 bits per heavy atom. The number of primary amides is 1. The van der Waals surface area contributed by atoms with Crippen molar-refractivity contribution in [3.05, 3.63) is 35.4 Å². The minimum absolute atomic E-state index is 0.283. The molecule has 1 aromatic rings. The number of hydrogen-bond acceptors (Lipinski definition) is 5. The summed E-state index contributed by atoms with van der Waals surface area (Å²) in [4.78, 5) is 28.7. The van der Waals surface area contributed by atoms with Crippen LogP contribution < -0.4 is 5.73 Å². The molecule has 2 amide bonds. The molecule has 0 aromatic heterocycles. The second-order valence-electron chi connectivity index (χ2n) is 9.87. The maximum atomic E-state index is 12.8. The van der Waals surface area contributed by atoms with Crippen LogP contribution in [0.1, 0.15) is 74.2 Å². The quantitative estimate of drug-likeness (QED) is 0.528. The predicted octanol–water partition coefficient (Wildman–Crippen LogP) is 2.81. The van der Waals surface area contributed by atoms with Crippen LogP contribution >= 0.6 is 0 Å². The van der Waals surface area contributed by atoms with Gasteiger partial charge in [0.2, 0.25) is 11.8 Å². The van der Waals surface area contributed by atoms with E-state index in [4.69, 9.17) is 5.73 Å². The third-order valence-electron chi connectivity index (χ3n) is 7.53. The number of nitrogens with zero attached hydrogens (tertiary/aromatic N) is 2. The normalized spacial score (nSPS) is 23.1. The van der Waals surface area contributed by atoms with Gasteiger partial charge in [0, 0.05) is 43.5 Å². The molecule has 7 nitrogen and oxygen atoms in total. The average Bonchev–Trinajstić information content (AvgIpc) is 2.99. The van der Waals surface area contributed by atoms with Crippen LogP contribution in [0.4, 0.5) is 0 Å². The molecular formula is C25H39N3O4S. The van der Waals surface area contributed by atoms with E-state index in [-0.39, 0.29) is 5.91 Å². The zero-order valence-corrected chi connectivity index (χ0v) is 21.0.